The van der Waals surface area contributed by atoms with Crippen LogP contribution in [0, 0.1) is 6.92 Å². The molecule has 1 heterocycles. The van der Waals surface area contributed by atoms with Gasteiger partial charge >= 0.3 is 11.9 Å². The summed E-state index contributed by atoms with van der Waals surface area (Å²) in [4.78, 5) is 27.8. The van der Waals surface area contributed by atoms with Crippen LogP contribution in [0.25, 0.3) is 6.08 Å². The molecule has 2 aromatic rings. The van der Waals surface area contributed by atoms with Crippen LogP contribution in [0.5, 0.6) is 0 Å². The van der Waals surface area contributed by atoms with Crippen LogP contribution in [0.4, 0.5) is 0 Å². The van der Waals surface area contributed by atoms with E-state index < -0.39 is 5.97 Å². The van der Waals surface area contributed by atoms with E-state index in [1.165, 1.54) is 19.3 Å². The predicted molar refractivity (Wildman–Crippen MR) is 108 cm³/mol. The van der Waals surface area contributed by atoms with E-state index in [1.54, 1.807) is 13.0 Å². The number of rotatable bonds is 4. The van der Waals surface area contributed by atoms with Crippen molar-refractivity contribution < 1.29 is 23.5 Å². The average Bonchev–Trinajstić information content (AvgIpc) is 3.09. The van der Waals surface area contributed by atoms with E-state index in [-0.39, 0.29) is 18.2 Å². The summed E-state index contributed by atoms with van der Waals surface area (Å²) in [5, 5.41) is 0. The Morgan fingerprint density at radius 2 is 1.69 bits per heavy atom. The minimum atomic E-state index is -0.420. The second kappa shape index (κ2) is 9.87. The SMILES string of the molecule is CC(=O)OC1CC=CCC(OC(=O)C=Cc2coc(C)n2)Cc2ccccc2C1. The maximum Gasteiger partial charge on any atom is 0.331 e. The molecule has 1 aromatic heterocycles. The summed E-state index contributed by atoms with van der Waals surface area (Å²) < 4.78 is 16.2. The van der Waals surface area contributed by atoms with Crippen molar-refractivity contribution in [2.45, 2.75) is 51.7 Å². The van der Waals surface area contributed by atoms with E-state index in [4.69, 9.17) is 13.9 Å². The normalized spacial score (nSPS) is 19.5. The molecule has 0 N–H and O–H groups in total. The predicted octanol–water partition coefficient (Wildman–Crippen LogP) is 3.97. The molecule has 2 atom stereocenters. The number of hydrogen-bond acceptors (Lipinski definition) is 6. The van der Waals surface area contributed by atoms with Gasteiger partial charge in [0.25, 0.3) is 0 Å². The molecule has 0 radical (unpaired) electrons. The molecule has 0 saturated heterocycles. The number of ether oxygens (including phenoxy) is 2. The van der Waals surface area contributed by atoms with Crippen LogP contribution in [0.15, 0.2) is 53.2 Å². The lowest BCUT2D eigenvalue weighted by Crippen LogP contribution is -2.23. The Labute approximate surface area is 170 Å². The highest BCUT2D eigenvalue weighted by atomic mass is 16.5. The summed E-state index contributed by atoms with van der Waals surface area (Å²) in [6, 6.07) is 7.99. The van der Waals surface area contributed by atoms with E-state index >= 15 is 0 Å². The number of esters is 2. The zero-order valence-electron chi connectivity index (χ0n) is 16.7. The van der Waals surface area contributed by atoms with Crippen LogP contribution in [-0.2, 0) is 31.9 Å². The van der Waals surface area contributed by atoms with Gasteiger partial charge in [0.05, 0.1) is 0 Å². The van der Waals surface area contributed by atoms with Gasteiger partial charge in [0.1, 0.15) is 24.2 Å². The van der Waals surface area contributed by atoms with Crippen LogP contribution >= 0.6 is 0 Å². The highest BCUT2D eigenvalue weighted by molar-refractivity contribution is 5.86. The maximum absolute atomic E-state index is 12.3. The van der Waals surface area contributed by atoms with Crippen molar-refractivity contribution in [1.29, 1.82) is 0 Å². The molecular weight excluding hydrogens is 370 g/mol. The lowest BCUT2D eigenvalue weighted by Gasteiger charge is -2.22. The minimum Gasteiger partial charge on any atom is -0.462 e. The zero-order chi connectivity index (χ0) is 20.6. The second-order valence-electron chi connectivity index (χ2n) is 7.03. The van der Waals surface area contributed by atoms with E-state index in [2.05, 4.69) is 4.98 Å². The van der Waals surface area contributed by atoms with Gasteiger partial charge in [-0.15, -0.1) is 0 Å². The Hall–Kier alpha value is -3.15. The maximum atomic E-state index is 12.3. The van der Waals surface area contributed by atoms with Gasteiger partial charge in [-0.05, 0) is 17.2 Å². The van der Waals surface area contributed by atoms with E-state index in [1.807, 2.05) is 36.4 Å². The lowest BCUT2D eigenvalue weighted by molar-refractivity contribution is -0.146. The third kappa shape index (κ3) is 6.45. The molecule has 0 aliphatic heterocycles. The molecule has 29 heavy (non-hydrogen) atoms. The summed E-state index contributed by atoms with van der Waals surface area (Å²) >= 11 is 0. The Bertz CT molecular complexity index is 911. The molecule has 1 aromatic carbocycles. The molecule has 6 heteroatoms. The quantitative estimate of drug-likeness (QED) is 0.443. The third-order valence-electron chi connectivity index (χ3n) is 4.62. The van der Waals surface area contributed by atoms with E-state index in [0.717, 1.165) is 11.1 Å². The van der Waals surface area contributed by atoms with Gasteiger partial charge in [-0.1, -0.05) is 36.4 Å². The molecule has 6 nitrogen and oxygen atoms in total. The topological polar surface area (TPSA) is 78.6 Å². The highest BCUT2D eigenvalue weighted by Gasteiger charge is 2.19. The van der Waals surface area contributed by atoms with Crippen LogP contribution in [0.3, 0.4) is 0 Å². The Morgan fingerprint density at radius 1 is 1.07 bits per heavy atom. The summed E-state index contributed by atoms with van der Waals surface area (Å²) in [5.41, 5.74) is 2.77. The molecule has 0 bridgehead atoms. The Kier molecular flexibility index (Phi) is 7.00. The van der Waals surface area contributed by atoms with Crippen molar-refractivity contribution in [3.63, 3.8) is 0 Å². The van der Waals surface area contributed by atoms with Crippen molar-refractivity contribution >= 4 is 18.0 Å². The number of aryl methyl sites for hydroxylation is 1. The molecule has 0 amide bonds. The summed E-state index contributed by atoms with van der Waals surface area (Å²) in [5.74, 6) is -0.158. The van der Waals surface area contributed by atoms with Crippen molar-refractivity contribution in [2.75, 3.05) is 0 Å². The smallest absolute Gasteiger partial charge is 0.331 e. The minimum absolute atomic E-state index is 0.196. The molecule has 3 rings (SSSR count). The van der Waals surface area contributed by atoms with Crippen LogP contribution < -0.4 is 0 Å². The van der Waals surface area contributed by atoms with Crippen molar-refractivity contribution in [2.24, 2.45) is 0 Å². The average molecular weight is 395 g/mol. The van der Waals surface area contributed by atoms with Gasteiger partial charge < -0.3 is 13.9 Å². The molecule has 2 unspecified atom stereocenters. The van der Waals surface area contributed by atoms with Crippen LogP contribution in [-0.4, -0.2) is 29.1 Å². The summed E-state index contributed by atoms with van der Waals surface area (Å²) in [6.45, 7) is 3.17. The lowest BCUT2D eigenvalue weighted by atomic mass is 9.94. The summed E-state index contributed by atoms with van der Waals surface area (Å²) in [7, 11) is 0. The molecule has 0 saturated carbocycles. The number of carbonyl (C=O) groups excluding carboxylic acids is 2. The second-order valence-corrected chi connectivity index (χ2v) is 7.03. The first-order chi connectivity index (χ1) is 14.0. The molecule has 0 fully saturated rings. The summed E-state index contributed by atoms with van der Waals surface area (Å²) in [6.07, 6.45) is 10.3. The first kappa shape index (κ1) is 20.6. The van der Waals surface area contributed by atoms with Crippen molar-refractivity contribution in [3.05, 3.63) is 71.5 Å². The van der Waals surface area contributed by atoms with Gasteiger partial charge in [0.2, 0.25) is 0 Å². The largest absolute Gasteiger partial charge is 0.462 e. The van der Waals surface area contributed by atoms with Gasteiger partial charge in [-0.3, -0.25) is 4.79 Å². The molecule has 0 spiro atoms. The monoisotopic (exact) mass is 395 g/mol. The van der Waals surface area contributed by atoms with Gasteiger partial charge in [0, 0.05) is 45.6 Å². The third-order valence-corrected chi connectivity index (χ3v) is 4.62. The number of benzene rings is 1. The van der Waals surface area contributed by atoms with E-state index in [0.29, 0.717) is 37.3 Å². The Balaban J connectivity index is 1.71. The zero-order valence-corrected chi connectivity index (χ0v) is 16.7. The van der Waals surface area contributed by atoms with E-state index in [9.17, 15) is 9.59 Å². The first-order valence-electron chi connectivity index (χ1n) is 9.69. The van der Waals surface area contributed by atoms with Gasteiger partial charge in [-0.2, -0.15) is 0 Å². The number of oxazole rings is 1. The fourth-order valence-electron chi connectivity index (χ4n) is 3.34. The van der Waals surface area contributed by atoms with Gasteiger partial charge in [-0.25, -0.2) is 9.78 Å². The molecule has 1 aliphatic rings. The fourth-order valence-corrected chi connectivity index (χ4v) is 3.34. The highest BCUT2D eigenvalue weighted by Crippen LogP contribution is 2.21. The first-order valence-corrected chi connectivity index (χ1v) is 9.69. The fraction of sp³-hybridized carbons (Fsp3) is 0.348. The van der Waals surface area contributed by atoms with Crippen molar-refractivity contribution in [1.82, 2.24) is 4.98 Å². The van der Waals surface area contributed by atoms with Crippen molar-refractivity contribution in [3.8, 4) is 0 Å². The van der Waals surface area contributed by atoms with Crippen LogP contribution in [0.2, 0.25) is 0 Å². The molecule has 152 valence electrons. The molecular formula is C23H25NO5. The van der Waals surface area contributed by atoms with Crippen LogP contribution in [0.1, 0.15) is 42.5 Å². The number of aromatic nitrogens is 1. The standard InChI is InChI=1S/C23H25NO5/c1-16-24-20(15-27-16)11-12-23(26)29-22-10-6-5-9-21(28-17(2)25)13-18-7-3-4-8-19(18)14-22/h3-8,11-12,15,21-22H,9-10,13-14H2,1-2H3. The number of fused-ring (bicyclic) bond motifs is 1. The number of nitrogens with zero attached hydrogens (tertiary/aromatic N) is 1. The Morgan fingerprint density at radius 3 is 2.24 bits per heavy atom. The van der Waals surface area contributed by atoms with Gasteiger partial charge in [0.15, 0.2) is 5.89 Å². The number of hydrogen-bond donors (Lipinski definition) is 0. The molecule has 1 aliphatic carbocycles. The number of carbonyl (C=O) groups is 2.